The Kier molecular flexibility index (Phi) is 5.28. The first-order valence-corrected chi connectivity index (χ1v) is 7.06. The van der Waals surface area contributed by atoms with Crippen molar-refractivity contribution in [2.45, 2.75) is 25.9 Å². The highest BCUT2D eigenvalue weighted by atomic mass is 19.1. The second-order valence-electron chi connectivity index (χ2n) is 4.98. The van der Waals surface area contributed by atoms with E-state index in [0.29, 0.717) is 0 Å². The molecular weight excluding hydrogens is 272 g/mol. The zero-order valence-corrected chi connectivity index (χ0v) is 11.9. The minimum atomic E-state index is -1.23. The van der Waals surface area contributed by atoms with E-state index < -0.39 is 17.7 Å². The largest absolute Gasteiger partial charge is 0.386 e. The molecule has 0 aromatic heterocycles. The van der Waals surface area contributed by atoms with Crippen LogP contribution in [0, 0.1) is 11.6 Å². The van der Waals surface area contributed by atoms with Crippen LogP contribution in [0.15, 0.2) is 42.5 Å². The Balaban J connectivity index is 1.99. The van der Waals surface area contributed by atoms with E-state index in [0.717, 1.165) is 30.7 Å². The smallest absolute Gasteiger partial charge is 0.132 e. The van der Waals surface area contributed by atoms with Crippen LogP contribution >= 0.6 is 0 Å². The van der Waals surface area contributed by atoms with Crippen molar-refractivity contribution in [1.82, 2.24) is 0 Å². The van der Waals surface area contributed by atoms with Crippen molar-refractivity contribution in [3.8, 4) is 0 Å². The molecule has 1 unspecified atom stereocenters. The zero-order chi connectivity index (χ0) is 15.2. The highest BCUT2D eigenvalue weighted by molar-refractivity contribution is 5.45. The first kappa shape index (κ1) is 15.4. The molecule has 2 nitrogen and oxygen atoms in total. The van der Waals surface area contributed by atoms with Crippen LogP contribution in [0.1, 0.15) is 30.6 Å². The number of anilines is 1. The summed E-state index contributed by atoms with van der Waals surface area (Å²) in [4.78, 5) is 0. The van der Waals surface area contributed by atoms with Gasteiger partial charge in [-0.2, -0.15) is 0 Å². The van der Waals surface area contributed by atoms with Crippen molar-refractivity contribution in [2.75, 3.05) is 11.9 Å². The third kappa shape index (κ3) is 4.02. The molecule has 4 heteroatoms. The molecule has 0 aliphatic heterocycles. The normalized spacial score (nSPS) is 12.2. The first-order valence-electron chi connectivity index (χ1n) is 7.06. The Labute approximate surface area is 123 Å². The second-order valence-corrected chi connectivity index (χ2v) is 4.98. The summed E-state index contributed by atoms with van der Waals surface area (Å²) < 4.78 is 27.1. The van der Waals surface area contributed by atoms with Gasteiger partial charge in [0.1, 0.15) is 17.7 Å². The summed E-state index contributed by atoms with van der Waals surface area (Å²) in [5, 5.41) is 12.9. The molecule has 0 spiro atoms. The van der Waals surface area contributed by atoms with Crippen molar-refractivity contribution in [1.29, 1.82) is 0 Å². The molecule has 2 rings (SSSR count). The maximum Gasteiger partial charge on any atom is 0.132 e. The molecule has 0 bridgehead atoms. The number of hydrogen-bond donors (Lipinski definition) is 2. The molecule has 0 fully saturated rings. The van der Waals surface area contributed by atoms with Crippen molar-refractivity contribution in [2.24, 2.45) is 0 Å². The van der Waals surface area contributed by atoms with E-state index in [4.69, 9.17) is 0 Å². The SMILES string of the molecule is CCCc1ccc(NCC(O)c2c(F)cccc2F)cc1. The van der Waals surface area contributed by atoms with Gasteiger partial charge in [0.2, 0.25) is 0 Å². The van der Waals surface area contributed by atoms with Crippen molar-refractivity contribution in [3.05, 3.63) is 65.2 Å². The summed E-state index contributed by atoms with van der Waals surface area (Å²) in [5.74, 6) is -1.47. The molecule has 21 heavy (non-hydrogen) atoms. The van der Waals surface area contributed by atoms with Gasteiger partial charge in [-0.05, 0) is 36.2 Å². The first-order chi connectivity index (χ1) is 10.1. The lowest BCUT2D eigenvalue weighted by molar-refractivity contribution is 0.181. The quantitative estimate of drug-likeness (QED) is 0.841. The van der Waals surface area contributed by atoms with Crippen molar-refractivity contribution < 1.29 is 13.9 Å². The molecule has 2 aromatic carbocycles. The van der Waals surface area contributed by atoms with Gasteiger partial charge < -0.3 is 10.4 Å². The average molecular weight is 291 g/mol. The van der Waals surface area contributed by atoms with E-state index in [1.54, 1.807) is 0 Å². The Bertz CT molecular complexity index is 564. The van der Waals surface area contributed by atoms with Gasteiger partial charge in [0.15, 0.2) is 0 Å². The summed E-state index contributed by atoms with van der Waals surface area (Å²) in [6, 6.07) is 11.4. The number of halogens is 2. The third-order valence-electron chi connectivity index (χ3n) is 3.33. The Hall–Kier alpha value is -1.94. The van der Waals surface area contributed by atoms with E-state index >= 15 is 0 Å². The van der Waals surface area contributed by atoms with Crippen LogP contribution in [0.5, 0.6) is 0 Å². The van der Waals surface area contributed by atoms with Crippen molar-refractivity contribution >= 4 is 5.69 Å². The number of aliphatic hydroxyl groups is 1. The minimum Gasteiger partial charge on any atom is -0.386 e. The van der Waals surface area contributed by atoms with Gasteiger partial charge in [-0.25, -0.2) is 8.78 Å². The number of rotatable bonds is 6. The maximum atomic E-state index is 13.5. The fourth-order valence-corrected chi connectivity index (χ4v) is 2.22. The highest BCUT2D eigenvalue weighted by Crippen LogP contribution is 2.21. The number of benzene rings is 2. The number of nitrogens with one attached hydrogen (secondary N) is 1. The Morgan fingerprint density at radius 2 is 1.67 bits per heavy atom. The summed E-state index contributed by atoms with van der Waals surface area (Å²) in [7, 11) is 0. The Morgan fingerprint density at radius 1 is 1.05 bits per heavy atom. The monoisotopic (exact) mass is 291 g/mol. The molecule has 0 heterocycles. The fourth-order valence-electron chi connectivity index (χ4n) is 2.22. The molecular formula is C17H19F2NO. The van der Waals surface area contributed by atoms with Crippen molar-refractivity contribution in [3.63, 3.8) is 0 Å². The van der Waals surface area contributed by atoms with E-state index in [-0.39, 0.29) is 12.1 Å². The Morgan fingerprint density at radius 3 is 2.24 bits per heavy atom. The van der Waals surface area contributed by atoms with Crippen LogP contribution in [0.2, 0.25) is 0 Å². The molecule has 0 aliphatic carbocycles. The second kappa shape index (κ2) is 7.18. The van der Waals surface area contributed by atoms with Gasteiger partial charge in [-0.3, -0.25) is 0 Å². The summed E-state index contributed by atoms with van der Waals surface area (Å²) in [5.41, 5.74) is 1.75. The lowest BCUT2D eigenvalue weighted by Gasteiger charge is -2.15. The lowest BCUT2D eigenvalue weighted by atomic mass is 10.1. The predicted molar refractivity (Wildman–Crippen MR) is 80.2 cm³/mol. The molecule has 0 amide bonds. The summed E-state index contributed by atoms with van der Waals surface area (Å²) >= 11 is 0. The van der Waals surface area contributed by atoms with Crippen LogP contribution in [0.3, 0.4) is 0 Å². The highest BCUT2D eigenvalue weighted by Gasteiger charge is 2.17. The topological polar surface area (TPSA) is 32.3 Å². The van der Waals surface area contributed by atoms with Crippen LogP contribution in [0.25, 0.3) is 0 Å². The molecule has 0 aliphatic rings. The molecule has 112 valence electrons. The third-order valence-corrected chi connectivity index (χ3v) is 3.33. The van der Waals surface area contributed by atoms with E-state index in [1.165, 1.54) is 11.6 Å². The molecule has 0 radical (unpaired) electrons. The summed E-state index contributed by atoms with van der Waals surface area (Å²) in [6.07, 6.45) is 0.864. The molecule has 0 saturated carbocycles. The maximum absolute atomic E-state index is 13.5. The number of hydrogen-bond acceptors (Lipinski definition) is 2. The van der Waals surface area contributed by atoms with Gasteiger partial charge in [0.05, 0.1) is 5.56 Å². The van der Waals surface area contributed by atoms with E-state index in [9.17, 15) is 13.9 Å². The van der Waals surface area contributed by atoms with Gasteiger partial charge in [0.25, 0.3) is 0 Å². The minimum absolute atomic E-state index is 0.0466. The van der Waals surface area contributed by atoms with Crippen LogP contribution < -0.4 is 5.32 Å². The molecule has 2 N–H and O–H groups in total. The van der Waals surface area contributed by atoms with Gasteiger partial charge in [-0.1, -0.05) is 31.5 Å². The molecule has 1 atom stereocenters. The van der Waals surface area contributed by atoms with Gasteiger partial charge >= 0.3 is 0 Å². The lowest BCUT2D eigenvalue weighted by Crippen LogP contribution is -2.15. The molecule has 2 aromatic rings. The average Bonchev–Trinajstić information content (AvgIpc) is 2.47. The summed E-state index contributed by atoms with van der Waals surface area (Å²) in [6.45, 7) is 2.16. The van der Waals surface area contributed by atoms with Crippen LogP contribution in [-0.2, 0) is 6.42 Å². The van der Waals surface area contributed by atoms with Crippen LogP contribution in [0.4, 0.5) is 14.5 Å². The van der Waals surface area contributed by atoms with Gasteiger partial charge in [-0.15, -0.1) is 0 Å². The van der Waals surface area contributed by atoms with E-state index in [2.05, 4.69) is 12.2 Å². The van der Waals surface area contributed by atoms with Crippen LogP contribution in [-0.4, -0.2) is 11.7 Å². The molecule has 0 saturated heterocycles. The standard InChI is InChI=1S/C17H19F2NO/c1-2-4-12-7-9-13(10-8-12)20-11-16(21)17-14(18)5-3-6-15(17)19/h3,5-10,16,20-21H,2,4,11H2,1H3. The zero-order valence-electron chi connectivity index (χ0n) is 11.9. The number of aryl methyl sites for hydroxylation is 1. The fraction of sp³-hybridized carbons (Fsp3) is 0.294. The number of aliphatic hydroxyl groups excluding tert-OH is 1. The van der Waals surface area contributed by atoms with E-state index in [1.807, 2.05) is 24.3 Å². The van der Waals surface area contributed by atoms with Gasteiger partial charge in [0, 0.05) is 12.2 Å². The predicted octanol–water partition coefficient (Wildman–Crippen LogP) is 4.06.